The average molecular weight is 129 g/mol. The highest BCUT2D eigenvalue weighted by molar-refractivity contribution is 5.25. The van der Waals surface area contributed by atoms with Crippen molar-refractivity contribution in [3.05, 3.63) is 48.0 Å². The van der Waals surface area contributed by atoms with E-state index in [0.29, 0.717) is 5.92 Å². The molecule has 0 spiro atoms. The lowest BCUT2D eigenvalue weighted by molar-refractivity contribution is 0.765. The maximum atomic E-state index is 3.24. The normalized spacial score (nSPS) is 22.2. The molecule has 49 valence electrons. The summed E-state index contributed by atoms with van der Waals surface area (Å²) in [4.78, 5) is 0. The van der Waals surface area contributed by atoms with Gasteiger partial charge >= 0.3 is 0 Å². The molecule has 1 atom stereocenters. The van der Waals surface area contributed by atoms with Gasteiger partial charge in [0, 0.05) is 5.92 Å². The van der Waals surface area contributed by atoms with Gasteiger partial charge in [0.15, 0.2) is 0 Å². The van der Waals surface area contributed by atoms with Gasteiger partial charge in [-0.15, -0.1) is 0 Å². The van der Waals surface area contributed by atoms with Gasteiger partial charge in [-0.25, -0.2) is 0 Å². The van der Waals surface area contributed by atoms with Crippen LogP contribution in [0.4, 0.5) is 0 Å². The van der Waals surface area contributed by atoms with Crippen LogP contribution in [0.5, 0.6) is 0 Å². The van der Waals surface area contributed by atoms with Crippen LogP contribution in [-0.4, -0.2) is 0 Å². The largest absolute Gasteiger partial charge is 0.0795 e. The molecule has 0 saturated carbocycles. The Bertz CT molecular complexity index is 233. The first kappa shape index (κ1) is 5.72. The Kier molecular flexibility index (Phi) is 1.31. The second-order valence-electron chi connectivity index (χ2n) is 2.57. The molecule has 0 nitrogen and oxygen atoms in total. The summed E-state index contributed by atoms with van der Waals surface area (Å²) in [6, 6.07) is 10.5. The third-order valence-electron chi connectivity index (χ3n) is 1.87. The summed E-state index contributed by atoms with van der Waals surface area (Å²) < 4.78 is 0. The fourth-order valence-electron chi connectivity index (χ4n) is 1.15. The van der Waals surface area contributed by atoms with Crippen LogP contribution < -0.4 is 0 Å². The molecule has 0 amide bonds. The van der Waals surface area contributed by atoms with E-state index in [1.807, 2.05) is 6.07 Å². The van der Waals surface area contributed by atoms with Gasteiger partial charge in [-0.2, -0.15) is 0 Å². The van der Waals surface area contributed by atoms with Crippen LogP contribution in [0.3, 0.4) is 0 Å². The zero-order valence-corrected chi connectivity index (χ0v) is 5.75. The molecule has 1 aliphatic rings. The van der Waals surface area contributed by atoms with E-state index in [1.54, 1.807) is 0 Å². The Morgan fingerprint density at radius 1 is 1.20 bits per heavy atom. The maximum absolute atomic E-state index is 3.24. The molecule has 0 heteroatoms. The van der Waals surface area contributed by atoms with Crippen LogP contribution in [0.1, 0.15) is 17.9 Å². The zero-order valence-electron chi connectivity index (χ0n) is 5.75. The van der Waals surface area contributed by atoms with E-state index in [1.165, 1.54) is 12.0 Å². The first-order valence-electron chi connectivity index (χ1n) is 3.59. The molecule has 1 aromatic carbocycles. The van der Waals surface area contributed by atoms with Crippen molar-refractivity contribution < 1.29 is 0 Å². The van der Waals surface area contributed by atoms with Crippen molar-refractivity contribution in [1.29, 1.82) is 0 Å². The van der Waals surface area contributed by atoms with E-state index >= 15 is 0 Å². The maximum Gasteiger partial charge on any atom is 0.0124 e. The molecule has 1 aliphatic carbocycles. The summed E-state index contributed by atoms with van der Waals surface area (Å²) in [5, 5.41) is 0. The number of hydrogen-bond acceptors (Lipinski definition) is 0. The predicted molar refractivity (Wildman–Crippen MR) is 41.6 cm³/mol. The van der Waals surface area contributed by atoms with Gasteiger partial charge in [0.2, 0.25) is 0 Å². The summed E-state index contributed by atoms with van der Waals surface area (Å²) in [6.07, 6.45) is 6.50. The smallest absolute Gasteiger partial charge is 0.0124 e. The van der Waals surface area contributed by atoms with Gasteiger partial charge in [-0.1, -0.05) is 36.4 Å². The van der Waals surface area contributed by atoms with Crippen molar-refractivity contribution >= 4 is 0 Å². The molecule has 0 aliphatic heterocycles. The minimum atomic E-state index is 0.584. The quantitative estimate of drug-likeness (QED) is 0.546. The fourth-order valence-corrected chi connectivity index (χ4v) is 1.15. The number of benzene rings is 1. The molecule has 1 aromatic rings. The van der Waals surface area contributed by atoms with E-state index in [2.05, 4.69) is 36.4 Å². The third kappa shape index (κ3) is 0.860. The summed E-state index contributed by atoms with van der Waals surface area (Å²) in [5.41, 5.74) is 1.39. The molecule has 0 heterocycles. The Morgan fingerprint density at radius 2 is 1.90 bits per heavy atom. The summed E-state index contributed by atoms with van der Waals surface area (Å²) in [7, 11) is 0. The summed E-state index contributed by atoms with van der Waals surface area (Å²) >= 11 is 0. The molecule has 1 radical (unpaired) electrons. The second kappa shape index (κ2) is 2.30. The minimum Gasteiger partial charge on any atom is -0.0795 e. The highest BCUT2D eigenvalue weighted by atomic mass is 14.1. The van der Waals surface area contributed by atoms with E-state index < -0.39 is 0 Å². The SMILES string of the molecule is [C]1=CCC1c1ccccc1. The van der Waals surface area contributed by atoms with Gasteiger partial charge in [-0.05, 0) is 18.1 Å². The minimum absolute atomic E-state index is 0.584. The van der Waals surface area contributed by atoms with Crippen molar-refractivity contribution in [1.82, 2.24) is 0 Å². The molecule has 0 fully saturated rings. The molecule has 0 bridgehead atoms. The van der Waals surface area contributed by atoms with Crippen LogP contribution >= 0.6 is 0 Å². The molecule has 1 unspecified atom stereocenters. The van der Waals surface area contributed by atoms with Crippen LogP contribution in [0, 0.1) is 6.08 Å². The Hall–Kier alpha value is -1.04. The van der Waals surface area contributed by atoms with Crippen molar-refractivity contribution in [2.24, 2.45) is 0 Å². The van der Waals surface area contributed by atoms with Crippen LogP contribution in [-0.2, 0) is 0 Å². The monoisotopic (exact) mass is 129 g/mol. The molecule has 0 N–H and O–H groups in total. The Balaban J connectivity index is 2.26. The van der Waals surface area contributed by atoms with Gasteiger partial charge < -0.3 is 0 Å². The highest BCUT2D eigenvalue weighted by Gasteiger charge is 2.11. The van der Waals surface area contributed by atoms with Crippen LogP contribution in [0.15, 0.2) is 36.4 Å². The lowest BCUT2D eigenvalue weighted by Crippen LogP contribution is -2.00. The molecule has 2 rings (SSSR count). The van der Waals surface area contributed by atoms with Gasteiger partial charge in [0.25, 0.3) is 0 Å². The topological polar surface area (TPSA) is 0 Å². The lowest BCUT2D eigenvalue weighted by atomic mass is 9.88. The third-order valence-corrected chi connectivity index (χ3v) is 1.87. The molecule has 0 aromatic heterocycles. The van der Waals surface area contributed by atoms with Crippen molar-refractivity contribution in [2.75, 3.05) is 0 Å². The Labute approximate surface area is 61.2 Å². The lowest BCUT2D eigenvalue weighted by Gasteiger charge is -2.16. The van der Waals surface area contributed by atoms with E-state index in [-0.39, 0.29) is 0 Å². The predicted octanol–water partition coefficient (Wildman–Crippen LogP) is 2.53. The fraction of sp³-hybridized carbons (Fsp3) is 0.200. The number of allylic oxidation sites excluding steroid dienone is 2. The van der Waals surface area contributed by atoms with Gasteiger partial charge in [0.1, 0.15) is 0 Å². The van der Waals surface area contributed by atoms with Crippen LogP contribution in [0.2, 0.25) is 0 Å². The van der Waals surface area contributed by atoms with E-state index in [0.717, 1.165) is 0 Å². The van der Waals surface area contributed by atoms with E-state index in [9.17, 15) is 0 Å². The average Bonchev–Trinajstić information content (AvgIpc) is 1.86. The highest BCUT2D eigenvalue weighted by Crippen LogP contribution is 2.27. The number of rotatable bonds is 1. The second-order valence-corrected chi connectivity index (χ2v) is 2.57. The molecular formula is C10H9. The van der Waals surface area contributed by atoms with Gasteiger partial charge in [0.05, 0.1) is 0 Å². The van der Waals surface area contributed by atoms with E-state index in [4.69, 9.17) is 0 Å². The summed E-state index contributed by atoms with van der Waals surface area (Å²) in [5.74, 6) is 0.584. The first-order chi connectivity index (χ1) is 4.97. The van der Waals surface area contributed by atoms with Crippen LogP contribution in [0.25, 0.3) is 0 Å². The van der Waals surface area contributed by atoms with Crippen molar-refractivity contribution in [2.45, 2.75) is 12.3 Å². The van der Waals surface area contributed by atoms with Gasteiger partial charge in [-0.3, -0.25) is 0 Å². The summed E-state index contributed by atoms with van der Waals surface area (Å²) in [6.45, 7) is 0. The standard InChI is InChI=1S/C10H9/c1-2-5-9(6-3-1)10-7-4-8-10/h1-6,10H,7H2. The molecular weight excluding hydrogens is 120 g/mol. The first-order valence-corrected chi connectivity index (χ1v) is 3.59. The van der Waals surface area contributed by atoms with Crippen molar-refractivity contribution in [3.8, 4) is 0 Å². The molecule has 0 saturated heterocycles. The van der Waals surface area contributed by atoms with Crippen molar-refractivity contribution in [3.63, 3.8) is 0 Å². The molecule has 10 heavy (non-hydrogen) atoms. The Morgan fingerprint density at radius 3 is 2.40 bits per heavy atom. The zero-order chi connectivity index (χ0) is 6.81. The number of hydrogen-bond donors (Lipinski definition) is 0.